The van der Waals surface area contributed by atoms with E-state index in [1.807, 2.05) is 6.92 Å². The second-order valence-corrected chi connectivity index (χ2v) is 2.54. The number of amides is 1. The molecule has 0 rings (SSSR count). The second-order valence-electron chi connectivity index (χ2n) is 2.54. The van der Waals surface area contributed by atoms with E-state index in [1.165, 1.54) is 0 Å². The summed E-state index contributed by atoms with van der Waals surface area (Å²) in [6.45, 7) is 3.55. The summed E-state index contributed by atoms with van der Waals surface area (Å²) >= 11 is 0. The first-order valence-electron chi connectivity index (χ1n) is 4.07. The number of esters is 1. The monoisotopic (exact) mass is 173 g/mol. The molecule has 1 amide bonds. The zero-order chi connectivity index (χ0) is 9.56. The maximum Gasteiger partial charge on any atom is 0.305 e. The van der Waals surface area contributed by atoms with Crippen LogP contribution in [0.2, 0.25) is 0 Å². The molecule has 12 heavy (non-hydrogen) atoms. The standard InChI is InChI=1S/C8H15NO3/c1-3-6(5-7(9)10)12-8(11)4-2/h6H,3-5H2,1-2H3,(H2,9,10)/t6-/m1/s1. The van der Waals surface area contributed by atoms with E-state index in [0.29, 0.717) is 12.8 Å². The molecule has 0 unspecified atom stereocenters. The Hall–Kier alpha value is -1.06. The van der Waals surface area contributed by atoms with Gasteiger partial charge in [-0.05, 0) is 6.42 Å². The molecule has 2 N–H and O–H groups in total. The molecule has 0 bridgehead atoms. The van der Waals surface area contributed by atoms with Gasteiger partial charge >= 0.3 is 5.97 Å². The van der Waals surface area contributed by atoms with Crippen LogP contribution in [0.15, 0.2) is 0 Å². The van der Waals surface area contributed by atoms with Crippen molar-refractivity contribution < 1.29 is 14.3 Å². The molecule has 4 nitrogen and oxygen atoms in total. The Labute approximate surface area is 72.1 Å². The second kappa shape index (κ2) is 5.57. The molecule has 1 atom stereocenters. The molecule has 0 heterocycles. The van der Waals surface area contributed by atoms with E-state index in [-0.39, 0.29) is 18.5 Å². The van der Waals surface area contributed by atoms with Crippen molar-refractivity contribution in [2.24, 2.45) is 5.73 Å². The van der Waals surface area contributed by atoms with Crippen molar-refractivity contribution in [2.45, 2.75) is 39.2 Å². The van der Waals surface area contributed by atoms with Gasteiger partial charge in [-0.1, -0.05) is 13.8 Å². The molecule has 0 aromatic heterocycles. The topological polar surface area (TPSA) is 69.4 Å². The van der Waals surface area contributed by atoms with Gasteiger partial charge in [-0.2, -0.15) is 0 Å². The van der Waals surface area contributed by atoms with Crippen molar-refractivity contribution in [1.82, 2.24) is 0 Å². The van der Waals surface area contributed by atoms with E-state index < -0.39 is 5.91 Å². The number of primary amides is 1. The average molecular weight is 173 g/mol. The van der Waals surface area contributed by atoms with Gasteiger partial charge in [-0.25, -0.2) is 0 Å². The normalized spacial score (nSPS) is 12.2. The minimum atomic E-state index is -0.439. The third kappa shape index (κ3) is 4.71. The van der Waals surface area contributed by atoms with Crippen LogP contribution in [-0.2, 0) is 14.3 Å². The maximum atomic E-state index is 10.8. The van der Waals surface area contributed by atoms with Crippen molar-refractivity contribution in [3.05, 3.63) is 0 Å². The zero-order valence-electron chi connectivity index (χ0n) is 7.50. The molecule has 0 saturated carbocycles. The number of hydrogen-bond donors (Lipinski definition) is 1. The SMILES string of the molecule is CCC(=O)O[C@H](CC)CC(N)=O. The van der Waals surface area contributed by atoms with Crippen LogP contribution in [0, 0.1) is 0 Å². The first kappa shape index (κ1) is 10.9. The summed E-state index contributed by atoms with van der Waals surface area (Å²) in [5.74, 6) is -0.728. The lowest BCUT2D eigenvalue weighted by molar-refractivity contribution is -0.149. The summed E-state index contributed by atoms with van der Waals surface area (Å²) in [6.07, 6.45) is 0.710. The molecule has 0 aliphatic heterocycles. The Morgan fingerprint density at radius 1 is 1.42 bits per heavy atom. The quantitative estimate of drug-likeness (QED) is 0.619. The Balaban J connectivity index is 3.82. The van der Waals surface area contributed by atoms with Gasteiger partial charge in [0.25, 0.3) is 0 Å². The number of rotatable bonds is 5. The van der Waals surface area contributed by atoms with Gasteiger partial charge in [0.15, 0.2) is 0 Å². The van der Waals surface area contributed by atoms with Crippen LogP contribution >= 0.6 is 0 Å². The van der Waals surface area contributed by atoms with E-state index in [4.69, 9.17) is 10.5 Å². The smallest absolute Gasteiger partial charge is 0.305 e. The van der Waals surface area contributed by atoms with Gasteiger partial charge in [0.05, 0.1) is 6.42 Å². The molecule has 0 saturated heterocycles. The van der Waals surface area contributed by atoms with E-state index >= 15 is 0 Å². The van der Waals surface area contributed by atoms with E-state index in [1.54, 1.807) is 6.92 Å². The Bertz CT molecular complexity index is 168. The third-order valence-electron chi connectivity index (χ3n) is 1.47. The van der Waals surface area contributed by atoms with Crippen LogP contribution in [0.25, 0.3) is 0 Å². The summed E-state index contributed by atoms with van der Waals surface area (Å²) in [7, 11) is 0. The van der Waals surface area contributed by atoms with Crippen LogP contribution < -0.4 is 5.73 Å². The molecule has 4 heteroatoms. The summed E-state index contributed by atoms with van der Waals surface area (Å²) in [4.78, 5) is 21.3. The van der Waals surface area contributed by atoms with Crippen molar-refractivity contribution in [1.29, 1.82) is 0 Å². The Morgan fingerprint density at radius 2 is 2.00 bits per heavy atom. The Morgan fingerprint density at radius 3 is 2.33 bits per heavy atom. The Kier molecular flexibility index (Phi) is 5.08. The highest BCUT2D eigenvalue weighted by Crippen LogP contribution is 2.04. The minimum absolute atomic E-state index is 0.113. The molecule has 70 valence electrons. The zero-order valence-corrected chi connectivity index (χ0v) is 7.50. The van der Waals surface area contributed by atoms with Crippen molar-refractivity contribution in [2.75, 3.05) is 0 Å². The molecule has 0 fully saturated rings. The summed E-state index contributed by atoms with van der Waals surface area (Å²) < 4.78 is 4.92. The van der Waals surface area contributed by atoms with E-state index in [2.05, 4.69) is 0 Å². The fourth-order valence-corrected chi connectivity index (χ4v) is 0.763. The summed E-state index contributed by atoms with van der Waals surface area (Å²) in [6, 6.07) is 0. The number of carbonyl (C=O) groups is 2. The van der Waals surface area contributed by atoms with Crippen LogP contribution in [0.3, 0.4) is 0 Å². The lowest BCUT2D eigenvalue weighted by Crippen LogP contribution is -2.24. The molecule has 0 spiro atoms. The number of hydrogen-bond acceptors (Lipinski definition) is 3. The van der Waals surface area contributed by atoms with Gasteiger partial charge in [0.1, 0.15) is 6.10 Å². The van der Waals surface area contributed by atoms with Gasteiger partial charge < -0.3 is 10.5 Å². The lowest BCUT2D eigenvalue weighted by Gasteiger charge is -2.13. The summed E-state index contributed by atoms with van der Waals surface area (Å²) in [5, 5.41) is 0. The van der Waals surface area contributed by atoms with Crippen LogP contribution in [0.1, 0.15) is 33.1 Å². The molecular weight excluding hydrogens is 158 g/mol. The fourth-order valence-electron chi connectivity index (χ4n) is 0.763. The van der Waals surface area contributed by atoms with Crippen LogP contribution in [-0.4, -0.2) is 18.0 Å². The summed E-state index contributed by atoms with van der Waals surface area (Å²) in [5.41, 5.74) is 4.96. The van der Waals surface area contributed by atoms with E-state index in [9.17, 15) is 9.59 Å². The fraction of sp³-hybridized carbons (Fsp3) is 0.750. The molecule has 0 aliphatic rings. The van der Waals surface area contributed by atoms with Crippen molar-refractivity contribution in [3.63, 3.8) is 0 Å². The van der Waals surface area contributed by atoms with Crippen LogP contribution in [0.5, 0.6) is 0 Å². The van der Waals surface area contributed by atoms with Crippen molar-refractivity contribution >= 4 is 11.9 Å². The highest BCUT2D eigenvalue weighted by molar-refractivity contribution is 5.75. The first-order chi connectivity index (χ1) is 5.60. The predicted octanol–water partition coefficient (Wildman–Crippen LogP) is 0.594. The van der Waals surface area contributed by atoms with Gasteiger partial charge in [-0.3, -0.25) is 9.59 Å². The van der Waals surface area contributed by atoms with Crippen molar-refractivity contribution in [3.8, 4) is 0 Å². The largest absolute Gasteiger partial charge is 0.462 e. The number of nitrogens with two attached hydrogens (primary N) is 1. The molecule has 0 aromatic rings. The predicted molar refractivity (Wildman–Crippen MR) is 44.3 cm³/mol. The lowest BCUT2D eigenvalue weighted by atomic mass is 10.2. The highest BCUT2D eigenvalue weighted by atomic mass is 16.5. The van der Waals surface area contributed by atoms with Gasteiger partial charge in [0, 0.05) is 6.42 Å². The van der Waals surface area contributed by atoms with E-state index in [0.717, 1.165) is 0 Å². The average Bonchev–Trinajstić information content (AvgIpc) is 2.02. The minimum Gasteiger partial charge on any atom is -0.462 e. The number of carbonyl (C=O) groups excluding carboxylic acids is 2. The molecular formula is C8H15NO3. The molecule has 0 aromatic carbocycles. The third-order valence-corrected chi connectivity index (χ3v) is 1.47. The van der Waals surface area contributed by atoms with Crippen LogP contribution in [0.4, 0.5) is 0 Å². The first-order valence-corrected chi connectivity index (χ1v) is 4.07. The highest BCUT2D eigenvalue weighted by Gasteiger charge is 2.13. The molecule has 0 radical (unpaired) electrons. The number of ether oxygens (including phenoxy) is 1. The maximum absolute atomic E-state index is 10.8. The molecule has 0 aliphatic carbocycles. The van der Waals surface area contributed by atoms with Gasteiger partial charge in [-0.15, -0.1) is 0 Å². The van der Waals surface area contributed by atoms with Gasteiger partial charge in [0.2, 0.25) is 5.91 Å².